The van der Waals surface area contributed by atoms with Gasteiger partial charge >= 0.3 is 11.8 Å². The number of rotatable bonds is 5. The van der Waals surface area contributed by atoms with Crippen LogP contribution in [0, 0.1) is 0 Å². The fraction of sp³-hybridized carbons (Fsp3) is 0.333. The lowest BCUT2D eigenvalue weighted by Gasteiger charge is -2.23. The van der Waals surface area contributed by atoms with E-state index in [1.165, 1.54) is 11.3 Å². The Morgan fingerprint density at radius 1 is 1.19 bits per heavy atom. The predicted molar refractivity (Wildman–Crippen MR) is 97.7 cm³/mol. The molecular formula is C18H20N2O5S. The molecule has 3 N–H and O–H groups in total. The van der Waals surface area contributed by atoms with Gasteiger partial charge in [0.05, 0.1) is 5.60 Å². The molecule has 0 fully saturated rings. The quantitative estimate of drug-likeness (QED) is 0.689. The number of aliphatic hydroxyl groups is 1. The molecule has 1 unspecified atom stereocenters. The largest absolute Gasteiger partial charge is 0.486 e. The minimum absolute atomic E-state index is 0.0315. The Labute approximate surface area is 154 Å². The van der Waals surface area contributed by atoms with Gasteiger partial charge in [0.1, 0.15) is 13.2 Å². The van der Waals surface area contributed by atoms with Gasteiger partial charge in [-0.1, -0.05) is 0 Å². The number of hydrogen-bond donors (Lipinski definition) is 3. The van der Waals surface area contributed by atoms with E-state index in [4.69, 9.17) is 9.47 Å². The first-order chi connectivity index (χ1) is 12.4. The second-order valence-corrected chi connectivity index (χ2v) is 7.08. The van der Waals surface area contributed by atoms with Crippen LogP contribution in [-0.4, -0.2) is 42.3 Å². The zero-order valence-corrected chi connectivity index (χ0v) is 15.1. The molecule has 2 amide bonds. The third kappa shape index (κ3) is 4.74. The molecule has 26 heavy (non-hydrogen) atoms. The summed E-state index contributed by atoms with van der Waals surface area (Å²) in [6, 6.07) is 6.82. The number of hydrogen-bond acceptors (Lipinski definition) is 6. The first-order valence-corrected chi connectivity index (χ1v) is 9.09. The summed E-state index contributed by atoms with van der Waals surface area (Å²) < 4.78 is 10.8. The summed E-state index contributed by atoms with van der Waals surface area (Å²) in [4.78, 5) is 24.0. The van der Waals surface area contributed by atoms with Crippen molar-refractivity contribution in [1.82, 2.24) is 5.32 Å². The van der Waals surface area contributed by atoms with Crippen LogP contribution in [0.4, 0.5) is 5.69 Å². The predicted octanol–water partition coefficient (Wildman–Crippen LogP) is 1.57. The summed E-state index contributed by atoms with van der Waals surface area (Å²) in [7, 11) is 0. The fourth-order valence-corrected chi connectivity index (χ4v) is 3.22. The van der Waals surface area contributed by atoms with Gasteiger partial charge < -0.3 is 25.2 Å². The Kier molecular flexibility index (Phi) is 5.43. The van der Waals surface area contributed by atoms with Gasteiger partial charge in [0.25, 0.3) is 0 Å². The summed E-state index contributed by atoms with van der Waals surface area (Å²) in [5.74, 6) is -0.505. The van der Waals surface area contributed by atoms with E-state index < -0.39 is 17.4 Å². The van der Waals surface area contributed by atoms with Gasteiger partial charge in [-0.15, -0.1) is 0 Å². The van der Waals surface area contributed by atoms with Crippen molar-refractivity contribution in [2.45, 2.75) is 18.9 Å². The molecule has 0 spiro atoms. The van der Waals surface area contributed by atoms with Gasteiger partial charge in [-0.2, -0.15) is 11.3 Å². The van der Waals surface area contributed by atoms with Crippen LogP contribution < -0.4 is 20.1 Å². The second-order valence-electron chi connectivity index (χ2n) is 6.30. The third-order valence-electron chi connectivity index (χ3n) is 3.80. The molecule has 0 aliphatic carbocycles. The van der Waals surface area contributed by atoms with Crippen LogP contribution in [0.2, 0.25) is 0 Å². The zero-order valence-electron chi connectivity index (χ0n) is 14.3. The lowest BCUT2D eigenvalue weighted by molar-refractivity contribution is -0.136. The number of nitrogens with one attached hydrogen (secondary N) is 2. The summed E-state index contributed by atoms with van der Waals surface area (Å²) in [5, 5.41) is 19.2. The van der Waals surface area contributed by atoms with Crippen LogP contribution in [0.15, 0.2) is 35.0 Å². The van der Waals surface area contributed by atoms with E-state index in [1.54, 1.807) is 25.1 Å². The minimum atomic E-state index is -1.14. The molecule has 0 saturated heterocycles. The normalized spacial score (nSPS) is 15.0. The van der Waals surface area contributed by atoms with Crippen LogP contribution in [-0.2, 0) is 16.0 Å². The summed E-state index contributed by atoms with van der Waals surface area (Å²) in [6.45, 7) is 2.50. The Hall–Kier alpha value is -2.58. The van der Waals surface area contributed by atoms with E-state index >= 15 is 0 Å². The number of anilines is 1. The number of ether oxygens (including phenoxy) is 2. The Bertz CT molecular complexity index is 789. The van der Waals surface area contributed by atoms with Crippen LogP contribution in [0.25, 0.3) is 0 Å². The third-order valence-corrected chi connectivity index (χ3v) is 4.53. The number of carbonyl (C=O) groups excluding carboxylic acids is 2. The van der Waals surface area contributed by atoms with Crippen molar-refractivity contribution in [3.8, 4) is 11.5 Å². The van der Waals surface area contributed by atoms with Gasteiger partial charge in [0.2, 0.25) is 0 Å². The average molecular weight is 376 g/mol. The summed E-state index contributed by atoms with van der Waals surface area (Å²) >= 11 is 1.54. The van der Waals surface area contributed by atoms with Crippen molar-refractivity contribution < 1.29 is 24.2 Å². The van der Waals surface area contributed by atoms with E-state index in [0.29, 0.717) is 36.8 Å². The summed E-state index contributed by atoms with van der Waals surface area (Å²) in [5.41, 5.74) is 0.267. The molecule has 8 heteroatoms. The van der Waals surface area contributed by atoms with Crippen molar-refractivity contribution in [1.29, 1.82) is 0 Å². The van der Waals surface area contributed by atoms with Crippen LogP contribution in [0.3, 0.4) is 0 Å². The fourth-order valence-electron chi connectivity index (χ4n) is 2.56. The molecule has 1 atom stereocenters. The Balaban J connectivity index is 1.52. The molecule has 2 heterocycles. The minimum Gasteiger partial charge on any atom is -0.486 e. The zero-order chi connectivity index (χ0) is 18.6. The smallest absolute Gasteiger partial charge is 0.313 e. The van der Waals surface area contributed by atoms with Crippen LogP contribution >= 0.6 is 11.3 Å². The van der Waals surface area contributed by atoms with Gasteiger partial charge in [0, 0.05) is 24.7 Å². The molecule has 0 radical (unpaired) electrons. The van der Waals surface area contributed by atoms with Gasteiger partial charge in [-0.25, -0.2) is 0 Å². The lowest BCUT2D eigenvalue weighted by Crippen LogP contribution is -2.45. The monoisotopic (exact) mass is 376 g/mol. The van der Waals surface area contributed by atoms with Crippen LogP contribution in [0.1, 0.15) is 12.5 Å². The van der Waals surface area contributed by atoms with E-state index in [-0.39, 0.29) is 6.54 Å². The van der Waals surface area contributed by atoms with E-state index in [2.05, 4.69) is 10.6 Å². The van der Waals surface area contributed by atoms with E-state index in [9.17, 15) is 14.7 Å². The van der Waals surface area contributed by atoms with Crippen molar-refractivity contribution in [2.24, 2.45) is 0 Å². The average Bonchev–Trinajstić information content (AvgIpc) is 3.11. The molecule has 138 valence electrons. The maximum absolute atomic E-state index is 12.0. The highest BCUT2D eigenvalue weighted by atomic mass is 32.1. The number of benzene rings is 1. The Morgan fingerprint density at radius 3 is 2.69 bits per heavy atom. The number of amides is 2. The topological polar surface area (TPSA) is 96.9 Å². The van der Waals surface area contributed by atoms with E-state index in [1.807, 2.05) is 16.8 Å². The van der Waals surface area contributed by atoms with Gasteiger partial charge in [0.15, 0.2) is 11.5 Å². The molecular weight excluding hydrogens is 356 g/mol. The molecule has 1 aliphatic rings. The highest BCUT2D eigenvalue weighted by molar-refractivity contribution is 7.07. The van der Waals surface area contributed by atoms with Crippen molar-refractivity contribution >= 4 is 28.8 Å². The summed E-state index contributed by atoms with van der Waals surface area (Å²) in [6.07, 6.45) is 0.389. The maximum atomic E-state index is 12.0. The number of carbonyl (C=O) groups is 2. The molecule has 1 aromatic carbocycles. The van der Waals surface area contributed by atoms with Crippen molar-refractivity contribution in [3.63, 3.8) is 0 Å². The first kappa shape index (κ1) is 18.2. The molecule has 3 rings (SSSR count). The first-order valence-electron chi connectivity index (χ1n) is 8.15. The van der Waals surface area contributed by atoms with Crippen LogP contribution in [0.5, 0.6) is 11.5 Å². The molecule has 0 bridgehead atoms. The van der Waals surface area contributed by atoms with Crippen molar-refractivity contribution in [3.05, 3.63) is 40.6 Å². The van der Waals surface area contributed by atoms with Crippen molar-refractivity contribution in [2.75, 3.05) is 25.1 Å². The number of fused-ring (bicyclic) bond motifs is 1. The lowest BCUT2D eigenvalue weighted by atomic mass is 9.98. The van der Waals surface area contributed by atoms with Gasteiger partial charge in [-0.3, -0.25) is 9.59 Å². The molecule has 1 aliphatic heterocycles. The highest BCUT2D eigenvalue weighted by Gasteiger charge is 2.24. The van der Waals surface area contributed by atoms with Gasteiger partial charge in [-0.05, 0) is 41.4 Å². The van der Waals surface area contributed by atoms with E-state index in [0.717, 1.165) is 5.56 Å². The number of thiophene rings is 1. The highest BCUT2D eigenvalue weighted by Crippen LogP contribution is 2.32. The molecule has 0 saturated carbocycles. The standard InChI is InChI=1S/C18H20N2O5S/c1-18(23,9-12-4-7-26-10-12)11-19-16(21)17(22)20-13-2-3-14-15(8-13)25-6-5-24-14/h2-4,7-8,10,23H,5-6,9,11H2,1H3,(H,19,21)(H,20,22). The molecule has 1 aromatic heterocycles. The second kappa shape index (κ2) is 7.76. The maximum Gasteiger partial charge on any atom is 0.313 e. The Morgan fingerprint density at radius 2 is 1.96 bits per heavy atom. The molecule has 2 aromatic rings. The molecule has 7 nitrogen and oxygen atoms in total. The SMILES string of the molecule is CC(O)(CNC(=O)C(=O)Nc1ccc2c(c1)OCCO2)Cc1ccsc1.